The van der Waals surface area contributed by atoms with E-state index in [-0.39, 0.29) is 36.7 Å². The zero-order valence-corrected chi connectivity index (χ0v) is 9.57. The lowest BCUT2D eigenvalue weighted by Gasteiger charge is -2.28. The summed E-state index contributed by atoms with van der Waals surface area (Å²) in [5.41, 5.74) is -2.63. The van der Waals surface area contributed by atoms with Gasteiger partial charge >= 0.3 is 12.4 Å². The van der Waals surface area contributed by atoms with Crippen LogP contribution in [-0.2, 0) is 25.3 Å². The summed E-state index contributed by atoms with van der Waals surface area (Å²) in [7, 11) is 0. The zero-order valence-electron chi connectivity index (χ0n) is 9.57. The number of nitrogens with two attached hydrogens (primary N) is 1. The average molecular weight is 284 g/mol. The first-order valence-electron chi connectivity index (χ1n) is 5.39. The van der Waals surface area contributed by atoms with Crippen LogP contribution in [0.3, 0.4) is 0 Å². The van der Waals surface area contributed by atoms with Crippen molar-refractivity contribution in [1.82, 2.24) is 5.01 Å². The van der Waals surface area contributed by atoms with Crippen molar-refractivity contribution >= 4 is 0 Å². The molecule has 0 unspecified atom stereocenters. The van der Waals surface area contributed by atoms with E-state index in [1.807, 2.05) is 0 Å². The molecule has 0 radical (unpaired) electrons. The van der Waals surface area contributed by atoms with Gasteiger partial charge in [0.2, 0.25) is 0 Å². The Morgan fingerprint density at radius 3 is 2.16 bits per heavy atom. The second-order valence-electron chi connectivity index (χ2n) is 4.38. The summed E-state index contributed by atoms with van der Waals surface area (Å²) in [4.78, 5) is 0. The number of nitrogens with zero attached hydrogens (tertiary/aromatic N) is 1. The average Bonchev–Trinajstić information content (AvgIpc) is 2.24. The van der Waals surface area contributed by atoms with Crippen LogP contribution in [0.4, 0.5) is 26.3 Å². The predicted molar refractivity (Wildman–Crippen MR) is 54.7 cm³/mol. The first-order chi connectivity index (χ1) is 8.59. The minimum atomic E-state index is -4.81. The minimum Gasteiger partial charge on any atom is -0.268 e. The van der Waals surface area contributed by atoms with Gasteiger partial charge in [0.05, 0.1) is 11.1 Å². The molecule has 0 aromatic heterocycles. The predicted octanol–water partition coefficient (Wildman–Crippen LogP) is 2.96. The van der Waals surface area contributed by atoms with Gasteiger partial charge in [-0.2, -0.15) is 26.3 Å². The van der Waals surface area contributed by atoms with Crippen LogP contribution in [0.5, 0.6) is 0 Å². The van der Waals surface area contributed by atoms with Crippen LogP contribution in [0, 0.1) is 0 Å². The standard InChI is InChI=1S/C11H10F6N2/c12-10(13,14)7-3-6-5-19(18)2-1-8(6)9(4-7)11(15,16)17/h3-4H,1-2,5,18H2. The van der Waals surface area contributed by atoms with Gasteiger partial charge in [-0.1, -0.05) is 0 Å². The molecule has 0 saturated carbocycles. The Labute approximate surface area is 104 Å². The number of benzene rings is 1. The Morgan fingerprint density at radius 1 is 1.00 bits per heavy atom. The number of alkyl halides is 6. The van der Waals surface area contributed by atoms with Crippen LogP contribution >= 0.6 is 0 Å². The van der Waals surface area contributed by atoms with Crippen LogP contribution in [0.1, 0.15) is 22.3 Å². The number of fused-ring (bicyclic) bond motifs is 1. The molecule has 0 bridgehead atoms. The van der Waals surface area contributed by atoms with Gasteiger partial charge in [-0.15, -0.1) is 0 Å². The van der Waals surface area contributed by atoms with E-state index in [0.29, 0.717) is 0 Å². The second-order valence-corrected chi connectivity index (χ2v) is 4.38. The third-order valence-corrected chi connectivity index (χ3v) is 3.00. The molecule has 1 heterocycles. The highest BCUT2D eigenvalue weighted by atomic mass is 19.4. The molecule has 0 amide bonds. The number of hydrogen-bond acceptors (Lipinski definition) is 2. The van der Waals surface area contributed by atoms with Crippen molar-refractivity contribution in [3.8, 4) is 0 Å². The quantitative estimate of drug-likeness (QED) is 0.586. The van der Waals surface area contributed by atoms with Crippen LogP contribution in [-0.4, -0.2) is 11.6 Å². The maximum absolute atomic E-state index is 12.8. The van der Waals surface area contributed by atoms with E-state index in [9.17, 15) is 26.3 Å². The summed E-state index contributed by atoms with van der Waals surface area (Å²) in [6, 6.07) is 0.911. The minimum absolute atomic E-state index is 0.0151. The first kappa shape index (κ1) is 14.1. The largest absolute Gasteiger partial charge is 0.416 e. The highest BCUT2D eigenvalue weighted by Gasteiger charge is 2.40. The maximum Gasteiger partial charge on any atom is 0.416 e. The Hall–Kier alpha value is -1.28. The van der Waals surface area contributed by atoms with Gasteiger partial charge in [0, 0.05) is 13.1 Å². The molecule has 2 rings (SSSR count). The number of rotatable bonds is 0. The fourth-order valence-electron chi connectivity index (χ4n) is 2.14. The monoisotopic (exact) mass is 284 g/mol. The summed E-state index contributed by atoms with van der Waals surface area (Å²) in [6.07, 6.45) is -9.63. The lowest BCUT2D eigenvalue weighted by atomic mass is 9.92. The number of halogens is 6. The smallest absolute Gasteiger partial charge is 0.268 e. The van der Waals surface area contributed by atoms with Crippen LogP contribution in [0.2, 0.25) is 0 Å². The van der Waals surface area contributed by atoms with E-state index in [0.717, 1.165) is 6.07 Å². The molecule has 0 fully saturated rings. The maximum atomic E-state index is 12.8. The van der Waals surface area contributed by atoms with Crippen molar-refractivity contribution in [1.29, 1.82) is 0 Å². The molecule has 0 aliphatic carbocycles. The molecule has 1 aliphatic heterocycles. The molecular weight excluding hydrogens is 274 g/mol. The number of hydrazine groups is 1. The van der Waals surface area contributed by atoms with Crippen molar-refractivity contribution in [3.63, 3.8) is 0 Å². The molecule has 8 heteroatoms. The van der Waals surface area contributed by atoms with Crippen molar-refractivity contribution < 1.29 is 26.3 Å². The normalized spacial score (nSPS) is 17.4. The summed E-state index contributed by atoms with van der Waals surface area (Å²) < 4.78 is 76.3. The van der Waals surface area contributed by atoms with Crippen molar-refractivity contribution in [2.75, 3.05) is 6.54 Å². The van der Waals surface area contributed by atoms with E-state index >= 15 is 0 Å². The van der Waals surface area contributed by atoms with E-state index in [1.54, 1.807) is 0 Å². The van der Waals surface area contributed by atoms with E-state index < -0.39 is 23.5 Å². The van der Waals surface area contributed by atoms with Gasteiger partial charge in [0.1, 0.15) is 0 Å². The third-order valence-electron chi connectivity index (χ3n) is 3.00. The van der Waals surface area contributed by atoms with Gasteiger partial charge in [-0.25, -0.2) is 5.01 Å². The van der Waals surface area contributed by atoms with E-state index in [4.69, 9.17) is 5.84 Å². The summed E-state index contributed by atoms with van der Waals surface area (Å²) >= 11 is 0. The molecule has 2 N–H and O–H groups in total. The van der Waals surface area contributed by atoms with Gasteiger partial charge in [-0.05, 0) is 29.7 Å². The fourth-order valence-corrected chi connectivity index (χ4v) is 2.14. The van der Waals surface area contributed by atoms with Gasteiger partial charge in [0.15, 0.2) is 0 Å². The van der Waals surface area contributed by atoms with Gasteiger partial charge in [-0.3, -0.25) is 5.84 Å². The summed E-state index contributed by atoms with van der Waals surface area (Å²) in [6.45, 7) is 0.0593. The molecule has 0 spiro atoms. The van der Waals surface area contributed by atoms with E-state index in [1.165, 1.54) is 5.01 Å². The molecule has 0 saturated heterocycles. The van der Waals surface area contributed by atoms with Crippen molar-refractivity contribution in [3.05, 3.63) is 34.4 Å². The Balaban J connectivity index is 2.62. The Kier molecular flexibility index (Phi) is 3.26. The number of hydrogen-bond donors (Lipinski definition) is 1. The fraction of sp³-hybridized carbons (Fsp3) is 0.455. The molecular formula is C11H10F6N2. The van der Waals surface area contributed by atoms with E-state index in [2.05, 4.69) is 0 Å². The molecule has 1 aromatic carbocycles. The highest BCUT2D eigenvalue weighted by molar-refractivity contribution is 5.43. The lowest BCUT2D eigenvalue weighted by molar-refractivity contribution is -0.143. The Bertz CT molecular complexity index is 491. The van der Waals surface area contributed by atoms with Crippen LogP contribution < -0.4 is 5.84 Å². The molecule has 2 nitrogen and oxygen atoms in total. The van der Waals surface area contributed by atoms with Crippen LogP contribution in [0.25, 0.3) is 0 Å². The molecule has 1 aliphatic rings. The second kappa shape index (κ2) is 4.38. The zero-order chi connectivity index (χ0) is 14.4. The van der Waals surface area contributed by atoms with Crippen molar-refractivity contribution in [2.45, 2.75) is 25.3 Å². The highest BCUT2D eigenvalue weighted by Crippen LogP contribution is 2.40. The summed E-state index contributed by atoms with van der Waals surface area (Å²) in [5, 5.41) is 1.20. The SMILES string of the molecule is NN1CCc2c(cc(C(F)(F)F)cc2C(F)(F)F)C1. The topological polar surface area (TPSA) is 29.3 Å². The molecule has 0 atom stereocenters. The molecule has 1 aromatic rings. The molecule has 106 valence electrons. The Morgan fingerprint density at radius 2 is 1.63 bits per heavy atom. The van der Waals surface area contributed by atoms with Gasteiger partial charge < -0.3 is 0 Å². The van der Waals surface area contributed by atoms with Crippen LogP contribution in [0.15, 0.2) is 12.1 Å². The van der Waals surface area contributed by atoms with Gasteiger partial charge in [0.25, 0.3) is 0 Å². The third kappa shape index (κ3) is 2.84. The lowest BCUT2D eigenvalue weighted by Crippen LogP contribution is -2.37. The van der Waals surface area contributed by atoms with Crippen molar-refractivity contribution in [2.24, 2.45) is 5.84 Å². The summed E-state index contributed by atoms with van der Waals surface area (Å²) in [5.74, 6) is 5.44. The first-order valence-corrected chi connectivity index (χ1v) is 5.39. The molecule has 19 heavy (non-hydrogen) atoms.